The Labute approximate surface area is 99.0 Å². The summed E-state index contributed by atoms with van der Waals surface area (Å²) in [6.07, 6.45) is -0.415. The van der Waals surface area contributed by atoms with E-state index in [9.17, 15) is 14.7 Å². The average Bonchev–Trinajstić information content (AvgIpc) is 2.28. The fourth-order valence-electron chi connectivity index (χ4n) is 1.40. The molecule has 0 bridgehead atoms. The first-order chi connectivity index (χ1) is 8.10. The van der Waals surface area contributed by atoms with Crippen molar-refractivity contribution < 1.29 is 24.2 Å². The molecular formula is C12H14O5. The summed E-state index contributed by atoms with van der Waals surface area (Å²) in [5, 5.41) is 9.58. The van der Waals surface area contributed by atoms with Gasteiger partial charge in [-0.2, -0.15) is 0 Å². The Balaban J connectivity index is 2.92. The van der Waals surface area contributed by atoms with Crippen molar-refractivity contribution in [3.05, 3.63) is 23.8 Å². The standard InChI is InChI=1S/C12H14O5/c1-3-17-11(15)7-9(14)12-8(13)5-4-6-10(12)16-2/h4-6,13H,3,7H2,1-2H3. The van der Waals surface area contributed by atoms with Gasteiger partial charge in [-0.25, -0.2) is 0 Å². The molecule has 17 heavy (non-hydrogen) atoms. The van der Waals surface area contributed by atoms with Gasteiger partial charge in [0.05, 0.1) is 13.7 Å². The Bertz CT molecular complexity index is 425. The molecule has 0 aliphatic carbocycles. The van der Waals surface area contributed by atoms with Crippen LogP contribution in [-0.4, -0.2) is 30.6 Å². The van der Waals surface area contributed by atoms with Gasteiger partial charge in [0.2, 0.25) is 0 Å². The van der Waals surface area contributed by atoms with Crippen LogP contribution >= 0.6 is 0 Å². The van der Waals surface area contributed by atoms with Gasteiger partial charge in [-0.05, 0) is 19.1 Å². The maximum Gasteiger partial charge on any atom is 0.313 e. The quantitative estimate of drug-likeness (QED) is 0.478. The molecule has 1 aromatic rings. The molecule has 1 aromatic carbocycles. The van der Waals surface area contributed by atoms with E-state index in [2.05, 4.69) is 4.74 Å². The van der Waals surface area contributed by atoms with Gasteiger partial charge in [-0.3, -0.25) is 9.59 Å². The van der Waals surface area contributed by atoms with Crippen molar-refractivity contribution in [3.8, 4) is 11.5 Å². The maximum atomic E-state index is 11.8. The highest BCUT2D eigenvalue weighted by molar-refractivity contribution is 6.09. The Kier molecular flexibility index (Phi) is 4.51. The van der Waals surface area contributed by atoms with E-state index in [1.165, 1.54) is 19.2 Å². The van der Waals surface area contributed by atoms with E-state index in [1.54, 1.807) is 13.0 Å². The van der Waals surface area contributed by atoms with Crippen molar-refractivity contribution in [2.24, 2.45) is 0 Å². The van der Waals surface area contributed by atoms with Crippen molar-refractivity contribution in [2.75, 3.05) is 13.7 Å². The van der Waals surface area contributed by atoms with Crippen molar-refractivity contribution in [3.63, 3.8) is 0 Å². The molecule has 0 aromatic heterocycles. The predicted octanol–water partition coefficient (Wildman–Crippen LogP) is 1.54. The molecular weight excluding hydrogens is 224 g/mol. The predicted molar refractivity (Wildman–Crippen MR) is 60.2 cm³/mol. The zero-order chi connectivity index (χ0) is 12.8. The summed E-state index contributed by atoms with van der Waals surface area (Å²) in [6, 6.07) is 4.45. The van der Waals surface area contributed by atoms with Crippen LogP contribution in [-0.2, 0) is 9.53 Å². The Morgan fingerprint density at radius 1 is 1.35 bits per heavy atom. The van der Waals surface area contributed by atoms with Crippen LogP contribution in [0.25, 0.3) is 0 Å². The molecule has 0 atom stereocenters. The molecule has 0 saturated heterocycles. The van der Waals surface area contributed by atoms with Crippen molar-refractivity contribution >= 4 is 11.8 Å². The highest BCUT2D eigenvalue weighted by Crippen LogP contribution is 2.28. The van der Waals surface area contributed by atoms with Crippen molar-refractivity contribution in [1.82, 2.24) is 0 Å². The third kappa shape index (κ3) is 3.21. The number of aromatic hydroxyl groups is 1. The van der Waals surface area contributed by atoms with Gasteiger partial charge in [-0.1, -0.05) is 6.07 Å². The minimum Gasteiger partial charge on any atom is -0.507 e. The van der Waals surface area contributed by atoms with Crippen molar-refractivity contribution in [2.45, 2.75) is 13.3 Å². The Hall–Kier alpha value is -2.04. The summed E-state index contributed by atoms with van der Waals surface area (Å²) in [4.78, 5) is 23.0. The topological polar surface area (TPSA) is 72.8 Å². The fourth-order valence-corrected chi connectivity index (χ4v) is 1.40. The lowest BCUT2D eigenvalue weighted by atomic mass is 10.1. The first-order valence-corrected chi connectivity index (χ1v) is 5.15. The van der Waals surface area contributed by atoms with Crippen LogP contribution in [0.15, 0.2) is 18.2 Å². The maximum absolute atomic E-state index is 11.8. The molecule has 0 aliphatic heterocycles. The summed E-state index contributed by atoms with van der Waals surface area (Å²) in [7, 11) is 1.38. The van der Waals surface area contributed by atoms with E-state index in [-0.39, 0.29) is 23.7 Å². The third-order valence-electron chi connectivity index (χ3n) is 2.11. The number of methoxy groups -OCH3 is 1. The highest BCUT2D eigenvalue weighted by Gasteiger charge is 2.20. The third-order valence-corrected chi connectivity index (χ3v) is 2.11. The molecule has 1 rings (SSSR count). The SMILES string of the molecule is CCOC(=O)CC(=O)c1c(O)cccc1OC. The highest BCUT2D eigenvalue weighted by atomic mass is 16.5. The molecule has 0 saturated carbocycles. The molecule has 0 radical (unpaired) electrons. The van der Waals surface area contributed by atoms with Crippen LogP contribution in [0.5, 0.6) is 11.5 Å². The normalized spacial score (nSPS) is 9.76. The van der Waals surface area contributed by atoms with Gasteiger partial charge in [0, 0.05) is 0 Å². The summed E-state index contributed by atoms with van der Waals surface area (Å²) in [5.41, 5.74) is 0.00283. The number of Topliss-reactive ketones (excluding diaryl/α,β-unsaturated/α-hetero) is 1. The number of phenolic OH excluding ortho intramolecular Hbond substituents is 1. The monoisotopic (exact) mass is 238 g/mol. The van der Waals surface area contributed by atoms with Gasteiger partial charge >= 0.3 is 5.97 Å². The van der Waals surface area contributed by atoms with Gasteiger partial charge in [-0.15, -0.1) is 0 Å². The first-order valence-electron chi connectivity index (χ1n) is 5.15. The lowest BCUT2D eigenvalue weighted by Crippen LogP contribution is -2.12. The fraction of sp³-hybridized carbons (Fsp3) is 0.333. The number of ketones is 1. The van der Waals surface area contributed by atoms with Crippen LogP contribution in [0.1, 0.15) is 23.7 Å². The summed E-state index contributed by atoms with van der Waals surface area (Å²) in [5.74, 6) is -1.13. The summed E-state index contributed by atoms with van der Waals surface area (Å²) in [6.45, 7) is 1.87. The lowest BCUT2D eigenvalue weighted by molar-refractivity contribution is -0.141. The van der Waals surface area contributed by atoms with Crippen molar-refractivity contribution in [1.29, 1.82) is 0 Å². The first kappa shape index (κ1) is 13.0. The number of carbonyl (C=O) groups excluding carboxylic acids is 2. The molecule has 0 amide bonds. The van der Waals surface area contributed by atoms with Crippen LogP contribution in [0.4, 0.5) is 0 Å². The zero-order valence-electron chi connectivity index (χ0n) is 9.73. The number of ether oxygens (including phenoxy) is 2. The van der Waals surface area contributed by atoms with Gasteiger partial charge in [0.25, 0.3) is 0 Å². The van der Waals surface area contributed by atoms with E-state index >= 15 is 0 Å². The van der Waals surface area contributed by atoms with Gasteiger partial charge in [0.1, 0.15) is 23.5 Å². The molecule has 1 N–H and O–H groups in total. The van der Waals surface area contributed by atoms with E-state index in [0.717, 1.165) is 0 Å². The number of hydrogen-bond acceptors (Lipinski definition) is 5. The lowest BCUT2D eigenvalue weighted by Gasteiger charge is -2.08. The average molecular weight is 238 g/mol. The second-order valence-electron chi connectivity index (χ2n) is 3.26. The van der Waals surface area contributed by atoms with Crippen LogP contribution in [0.2, 0.25) is 0 Å². The van der Waals surface area contributed by atoms with Gasteiger partial charge < -0.3 is 14.6 Å². The number of rotatable bonds is 5. The van der Waals surface area contributed by atoms with Crippen LogP contribution in [0, 0.1) is 0 Å². The molecule has 0 heterocycles. The second kappa shape index (κ2) is 5.89. The van der Waals surface area contributed by atoms with Crippen LogP contribution < -0.4 is 4.74 Å². The minimum absolute atomic E-state index is 0.00283. The number of esters is 1. The van der Waals surface area contributed by atoms with E-state index in [1.807, 2.05) is 0 Å². The van der Waals surface area contributed by atoms with E-state index in [4.69, 9.17) is 4.74 Å². The molecule has 0 spiro atoms. The smallest absolute Gasteiger partial charge is 0.313 e. The number of benzene rings is 1. The molecule has 5 nitrogen and oxygen atoms in total. The molecule has 5 heteroatoms. The largest absolute Gasteiger partial charge is 0.507 e. The zero-order valence-corrected chi connectivity index (χ0v) is 9.73. The number of phenols is 1. The molecule has 0 unspecified atom stereocenters. The molecule has 0 aliphatic rings. The number of hydrogen-bond donors (Lipinski definition) is 1. The van der Waals surface area contributed by atoms with E-state index in [0.29, 0.717) is 0 Å². The molecule has 92 valence electrons. The van der Waals surface area contributed by atoms with Gasteiger partial charge in [0.15, 0.2) is 5.78 Å². The second-order valence-corrected chi connectivity index (χ2v) is 3.26. The minimum atomic E-state index is -0.622. The van der Waals surface area contributed by atoms with E-state index < -0.39 is 18.2 Å². The Morgan fingerprint density at radius 2 is 2.06 bits per heavy atom. The summed E-state index contributed by atoms with van der Waals surface area (Å²) >= 11 is 0. The summed E-state index contributed by atoms with van der Waals surface area (Å²) < 4.78 is 9.62. The van der Waals surface area contributed by atoms with Crippen LogP contribution in [0.3, 0.4) is 0 Å². The molecule has 0 fully saturated rings. The number of carbonyl (C=O) groups is 2. The Morgan fingerprint density at radius 3 is 2.65 bits per heavy atom.